The number of benzene rings is 2. The first-order chi connectivity index (χ1) is 12.1. The summed E-state index contributed by atoms with van der Waals surface area (Å²) >= 11 is 5.96. The van der Waals surface area contributed by atoms with Crippen LogP contribution in [0.3, 0.4) is 0 Å². The summed E-state index contributed by atoms with van der Waals surface area (Å²) in [5.74, 6) is -0.319. The van der Waals surface area contributed by atoms with Crippen molar-refractivity contribution in [1.29, 1.82) is 0 Å². The fraction of sp³-hybridized carbons (Fsp3) is 0.211. The van der Waals surface area contributed by atoms with Crippen molar-refractivity contribution in [3.05, 3.63) is 70.9 Å². The molecule has 0 saturated carbocycles. The molecule has 0 aromatic heterocycles. The van der Waals surface area contributed by atoms with Crippen LogP contribution in [-0.2, 0) is 9.53 Å². The Morgan fingerprint density at radius 1 is 1.12 bits per heavy atom. The summed E-state index contributed by atoms with van der Waals surface area (Å²) in [5, 5.41) is 2.58. The number of esters is 1. The van der Waals surface area contributed by atoms with Gasteiger partial charge in [0.1, 0.15) is 0 Å². The maximum atomic E-state index is 12.2. The van der Waals surface area contributed by atoms with Gasteiger partial charge in [-0.3, -0.25) is 5.01 Å². The summed E-state index contributed by atoms with van der Waals surface area (Å²) in [5.41, 5.74) is 6.78. The predicted molar refractivity (Wildman–Crippen MR) is 101 cm³/mol. The smallest absolute Gasteiger partial charge is 0.337 e. The Balaban J connectivity index is 1.80. The van der Waals surface area contributed by atoms with Gasteiger partial charge in [-0.2, -0.15) is 0 Å². The van der Waals surface area contributed by atoms with Crippen molar-refractivity contribution in [3.63, 3.8) is 0 Å². The van der Waals surface area contributed by atoms with Gasteiger partial charge in [-0.25, -0.2) is 4.79 Å². The van der Waals surface area contributed by atoms with E-state index in [4.69, 9.17) is 16.3 Å². The van der Waals surface area contributed by atoms with Crippen molar-refractivity contribution >= 4 is 28.9 Å². The molecule has 130 valence electrons. The van der Waals surface area contributed by atoms with Gasteiger partial charge in [0, 0.05) is 17.8 Å². The predicted octanol–water partition coefficient (Wildman–Crippen LogP) is 3.23. The Morgan fingerprint density at radius 2 is 1.80 bits per heavy atom. The summed E-state index contributed by atoms with van der Waals surface area (Å²) < 4.78 is 4.95. The number of methoxy groups -OCH3 is 1. The largest absolute Gasteiger partial charge is 0.466 e. The molecule has 0 fully saturated rings. The third kappa shape index (κ3) is 3.88. The average Bonchev–Trinajstić information content (AvgIpc) is 3.06. The molecule has 1 aliphatic rings. The zero-order valence-corrected chi connectivity index (χ0v) is 15.0. The van der Waals surface area contributed by atoms with Crippen molar-refractivity contribution in [2.45, 2.75) is 0 Å². The van der Waals surface area contributed by atoms with Crippen molar-refractivity contribution in [2.24, 2.45) is 0 Å². The first kappa shape index (κ1) is 17.2. The fourth-order valence-corrected chi connectivity index (χ4v) is 2.92. The average molecular weight is 358 g/mol. The van der Waals surface area contributed by atoms with Crippen molar-refractivity contribution in [3.8, 4) is 0 Å². The standard InChI is InChI=1S/C19H20ClN3O2/c1-22(15-6-4-3-5-7-15)21-18-13-23(12-17(18)19(24)25-2)16-10-8-14(20)9-11-16/h3-11,21H,12-13H2,1-2H3. The number of nitrogens with one attached hydrogen (secondary N) is 1. The lowest BCUT2D eigenvalue weighted by atomic mass is 10.2. The minimum atomic E-state index is -0.319. The number of hydrazine groups is 1. The molecule has 5 nitrogen and oxygen atoms in total. The number of anilines is 2. The SMILES string of the molecule is COC(=O)C1=C(NN(C)c2ccccc2)CN(c2ccc(Cl)cc2)C1. The Bertz CT molecular complexity index is 775. The summed E-state index contributed by atoms with van der Waals surface area (Å²) in [6.45, 7) is 1.07. The number of carbonyl (C=O) groups excluding carboxylic acids is 1. The number of para-hydroxylation sites is 1. The van der Waals surface area contributed by atoms with E-state index >= 15 is 0 Å². The highest BCUT2D eigenvalue weighted by atomic mass is 35.5. The van der Waals surface area contributed by atoms with E-state index in [-0.39, 0.29) is 5.97 Å². The van der Waals surface area contributed by atoms with E-state index in [9.17, 15) is 4.79 Å². The highest BCUT2D eigenvalue weighted by molar-refractivity contribution is 6.30. The zero-order chi connectivity index (χ0) is 17.8. The van der Waals surface area contributed by atoms with Gasteiger partial charge in [0.2, 0.25) is 0 Å². The second-order valence-corrected chi connectivity index (χ2v) is 6.22. The van der Waals surface area contributed by atoms with Crippen LogP contribution in [0, 0.1) is 0 Å². The Hall–Kier alpha value is -2.66. The van der Waals surface area contributed by atoms with Gasteiger partial charge < -0.3 is 15.1 Å². The van der Waals surface area contributed by atoms with E-state index in [1.54, 1.807) is 0 Å². The number of carbonyl (C=O) groups is 1. The van der Waals surface area contributed by atoms with Gasteiger partial charge in [0.15, 0.2) is 0 Å². The molecular weight excluding hydrogens is 338 g/mol. The van der Waals surface area contributed by atoms with Crippen LogP contribution in [-0.4, -0.2) is 33.2 Å². The molecule has 0 bridgehead atoms. The first-order valence-corrected chi connectivity index (χ1v) is 8.32. The molecule has 3 rings (SSSR count). The molecule has 2 aromatic rings. The van der Waals surface area contributed by atoms with Crippen molar-refractivity contribution in [2.75, 3.05) is 37.2 Å². The minimum absolute atomic E-state index is 0.319. The molecule has 0 aliphatic carbocycles. The van der Waals surface area contributed by atoms with Crippen LogP contribution in [0.5, 0.6) is 0 Å². The van der Waals surface area contributed by atoms with Crippen LogP contribution in [0.15, 0.2) is 65.9 Å². The molecule has 0 spiro atoms. The molecular formula is C19H20ClN3O2. The summed E-state index contributed by atoms with van der Waals surface area (Å²) in [6, 6.07) is 17.5. The second kappa shape index (κ2) is 7.49. The van der Waals surface area contributed by atoms with Crippen molar-refractivity contribution < 1.29 is 9.53 Å². The minimum Gasteiger partial charge on any atom is -0.466 e. The topological polar surface area (TPSA) is 44.8 Å². The number of rotatable bonds is 5. The molecule has 0 radical (unpaired) electrons. The molecule has 1 heterocycles. The first-order valence-electron chi connectivity index (χ1n) is 7.95. The van der Waals surface area contributed by atoms with Gasteiger partial charge in [-0.15, -0.1) is 0 Å². The Kier molecular flexibility index (Phi) is 5.14. The molecule has 25 heavy (non-hydrogen) atoms. The van der Waals surface area contributed by atoms with E-state index in [1.165, 1.54) is 7.11 Å². The lowest BCUT2D eigenvalue weighted by Gasteiger charge is -2.24. The van der Waals surface area contributed by atoms with E-state index < -0.39 is 0 Å². The van der Waals surface area contributed by atoms with Gasteiger partial charge in [-0.05, 0) is 36.4 Å². The Labute approximate surface area is 152 Å². The van der Waals surface area contributed by atoms with Crippen LogP contribution in [0.25, 0.3) is 0 Å². The molecule has 6 heteroatoms. The van der Waals surface area contributed by atoms with Gasteiger partial charge in [0.05, 0.1) is 37.2 Å². The third-order valence-electron chi connectivity index (χ3n) is 4.13. The summed E-state index contributed by atoms with van der Waals surface area (Å²) in [4.78, 5) is 14.3. The van der Waals surface area contributed by atoms with Gasteiger partial charge in [0.25, 0.3) is 0 Å². The van der Waals surface area contributed by atoms with E-state index in [2.05, 4.69) is 10.3 Å². The van der Waals surface area contributed by atoms with Crippen LogP contribution in [0.2, 0.25) is 5.02 Å². The fourth-order valence-electron chi connectivity index (χ4n) is 2.80. The van der Waals surface area contributed by atoms with Gasteiger partial charge >= 0.3 is 5.97 Å². The number of halogens is 1. The molecule has 0 atom stereocenters. The third-order valence-corrected chi connectivity index (χ3v) is 4.38. The van der Waals surface area contributed by atoms with E-state index in [1.807, 2.05) is 66.7 Å². The lowest BCUT2D eigenvalue weighted by Crippen LogP contribution is -2.36. The maximum absolute atomic E-state index is 12.2. The molecule has 1 aliphatic heterocycles. The zero-order valence-electron chi connectivity index (χ0n) is 14.2. The Morgan fingerprint density at radius 3 is 2.44 bits per heavy atom. The maximum Gasteiger partial charge on any atom is 0.337 e. The number of hydrogen-bond acceptors (Lipinski definition) is 5. The molecule has 1 N–H and O–H groups in total. The number of hydrogen-bond donors (Lipinski definition) is 1. The summed E-state index contributed by atoms with van der Waals surface area (Å²) in [7, 11) is 3.32. The molecule has 0 amide bonds. The van der Waals surface area contributed by atoms with Crippen LogP contribution < -0.4 is 15.3 Å². The highest BCUT2D eigenvalue weighted by Gasteiger charge is 2.28. The van der Waals surface area contributed by atoms with Gasteiger partial charge in [-0.1, -0.05) is 29.8 Å². The second-order valence-electron chi connectivity index (χ2n) is 5.79. The van der Waals surface area contributed by atoms with E-state index in [0.29, 0.717) is 23.7 Å². The number of ether oxygens (including phenoxy) is 1. The van der Waals surface area contributed by atoms with Crippen LogP contribution >= 0.6 is 11.6 Å². The molecule has 0 unspecified atom stereocenters. The van der Waals surface area contributed by atoms with Crippen LogP contribution in [0.4, 0.5) is 11.4 Å². The number of nitrogens with zero attached hydrogens (tertiary/aromatic N) is 2. The highest BCUT2D eigenvalue weighted by Crippen LogP contribution is 2.26. The van der Waals surface area contributed by atoms with E-state index in [0.717, 1.165) is 17.1 Å². The lowest BCUT2D eigenvalue weighted by molar-refractivity contribution is -0.136. The summed E-state index contributed by atoms with van der Waals surface area (Å²) in [6.07, 6.45) is 0. The molecule has 0 saturated heterocycles. The monoisotopic (exact) mass is 357 g/mol. The molecule has 2 aromatic carbocycles. The normalized spacial score (nSPS) is 13.8. The van der Waals surface area contributed by atoms with Crippen LogP contribution in [0.1, 0.15) is 0 Å². The van der Waals surface area contributed by atoms with Crippen molar-refractivity contribution in [1.82, 2.24) is 5.43 Å². The quantitative estimate of drug-likeness (QED) is 0.657.